The van der Waals surface area contributed by atoms with Gasteiger partial charge in [-0.1, -0.05) is 44.3 Å². The standard InChI is InChI=1S/C8H14Si/c1-8(2,3)9-6-4-5-7-9/h4-7,9H,1-3H3. The summed E-state index contributed by atoms with van der Waals surface area (Å²) in [6.45, 7) is 6.97. The molecule has 0 unspecified atom stereocenters. The van der Waals surface area contributed by atoms with Gasteiger partial charge in [0.05, 0.1) is 8.80 Å². The summed E-state index contributed by atoms with van der Waals surface area (Å²) in [7, 11) is -0.630. The third kappa shape index (κ3) is 1.55. The fourth-order valence-corrected chi connectivity index (χ4v) is 3.03. The zero-order valence-corrected chi connectivity index (χ0v) is 7.54. The average Bonchev–Trinajstić information content (AvgIpc) is 2.08. The largest absolute Gasteiger partial charge is 0.0930 e. The molecule has 0 bridgehead atoms. The van der Waals surface area contributed by atoms with Crippen molar-refractivity contribution >= 4 is 8.80 Å². The van der Waals surface area contributed by atoms with Crippen molar-refractivity contribution in [3.8, 4) is 0 Å². The highest BCUT2D eigenvalue weighted by molar-refractivity contribution is 6.73. The number of allylic oxidation sites excluding steroid dienone is 2. The summed E-state index contributed by atoms with van der Waals surface area (Å²) in [5.41, 5.74) is 4.78. The third-order valence-corrected chi connectivity index (χ3v) is 5.02. The van der Waals surface area contributed by atoms with Gasteiger partial charge in [0, 0.05) is 0 Å². The van der Waals surface area contributed by atoms with Crippen LogP contribution in [0.2, 0.25) is 5.04 Å². The van der Waals surface area contributed by atoms with E-state index in [1.54, 1.807) is 0 Å². The second-order valence-corrected chi connectivity index (χ2v) is 7.22. The molecule has 1 rings (SSSR count). The second-order valence-electron chi connectivity index (χ2n) is 3.66. The van der Waals surface area contributed by atoms with Crippen LogP contribution in [0.5, 0.6) is 0 Å². The smallest absolute Gasteiger partial charge is 0.0904 e. The van der Waals surface area contributed by atoms with Crippen LogP contribution < -0.4 is 0 Å². The van der Waals surface area contributed by atoms with Crippen molar-refractivity contribution in [1.29, 1.82) is 0 Å². The molecule has 0 atom stereocenters. The summed E-state index contributed by atoms with van der Waals surface area (Å²) in [5.74, 6) is 0. The molecule has 0 aliphatic carbocycles. The summed E-state index contributed by atoms with van der Waals surface area (Å²) < 4.78 is 0. The lowest BCUT2D eigenvalue weighted by Crippen LogP contribution is -2.19. The summed E-state index contributed by atoms with van der Waals surface area (Å²) >= 11 is 0. The Labute approximate surface area is 58.9 Å². The van der Waals surface area contributed by atoms with Crippen molar-refractivity contribution < 1.29 is 0 Å². The van der Waals surface area contributed by atoms with Crippen LogP contribution in [0.4, 0.5) is 0 Å². The lowest BCUT2D eigenvalue weighted by Gasteiger charge is -2.21. The first kappa shape index (κ1) is 6.81. The van der Waals surface area contributed by atoms with Crippen molar-refractivity contribution in [2.45, 2.75) is 25.8 Å². The minimum Gasteiger partial charge on any atom is -0.0930 e. The van der Waals surface area contributed by atoms with E-state index in [1.165, 1.54) is 0 Å². The van der Waals surface area contributed by atoms with Crippen molar-refractivity contribution in [1.82, 2.24) is 0 Å². The third-order valence-electron chi connectivity index (χ3n) is 1.75. The van der Waals surface area contributed by atoms with Gasteiger partial charge >= 0.3 is 0 Å². The van der Waals surface area contributed by atoms with Crippen molar-refractivity contribution in [3.05, 3.63) is 23.6 Å². The molecule has 0 amide bonds. The Morgan fingerprint density at radius 1 is 1.00 bits per heavy atom. The quantitative estimate of drug-likeness (QED) is 0.450. The molecule has 0 aromatic rings. The minimum absolute atomic E-state index is 0.545. The highest BCUT2D eigenvalue weighted by Gasteiger charge is 2.22. The number of hydrogen-bond acceptors (Lipinski definition) is 0. The summed E-state index contributed by atoms with van der Waals surface area (Å²) in [4.78, 5) is 0. The molecule has 0 saturated carbocycles. The van der Waals surface area contributed by atoms with Gasteiger partial charge in [-0.05, 0) is 5.04 Å². The lowest BCUT2D eigenvalue weighted by atomic mass is 10.2. The summed E-state index contributed by atoms with van der Waals surface area (Å²) in [6, 6.07) is 0. The monoisotopic (exact) mass is 138 g/mol. The Morgan fingerprint density at radius 2 is 1.44 bits per heavy atom. The fourth-order valence-electron chi connectivity index (χ4n) is 1.01. The molecule has 1 heteroatoms. The van der Waals surface area contributed by atoms with Crippen LogP contribution in [0.3, 0.4) is 0 Å². The normalized spacial score (nSPS) is 19.4. The molecule has 0 aromatic carbocycles. The Balaban J connectivity index is 2.64. The predicted octanol–water partition coefficient (Wildman–Crippen LogP) is 2.22. The average molecular weight is 138 g/mol. The van der Waals surface area contributed by atoms with Gasteiger partial charge in [0.15, 0.2) is 0 Å². The Bertz CT molecular complexity index is 136. The molecule has 1 aliphatic heterocycles. The number of hydrogen-bond donors (Lipinski definition) is 0. The molecule has 9 heavy (non-hydrogen) atoms. The zero-order chi connectivity index (χ0) is 6.91. The van der Waals surface area contributed by atoms with Crippen LogP contribution in [0.15, 0.2) is 23.6 Å². The van der Waals surface area contributed by atoms with Crippen LogP contribution in [0.25, 0.3) is 0 Å². The van der Waals surface area contributed by atoms with Crippen molar-refractivity contribution in [2.24, 2.45) is 0 Å². The first-order chi connectivity index (χ1) is 4.11. The fraction of sp³-hybridized carbons (Fsp3) is 0.500. The zero-order valence-electron chi connectivity index (χ0n) is 6.39. The van der Waals surface area contributed by atoms with Gasteiger partial charge in [0.1, 0.15) is 0 Å². The van der Waals surface area contributed by atoms with Gasteiger partial charge in [0.2, 0.25) is 0 Å². The van der Waals surface area contributed by atoms with Crippen LogP contribution in [0, 0.1) is 0 Å². The molecule has 0 spiro atoms. The molecule has 1 heterocycles. The topological polar surface area (TPSA) is 0 Å². The van der Waals surface area contributed by atoms with Gasteiger partial charge in [0.25, 0.3) is 0 Å². The van der Waals surface area contributed by atoms with Crippen LogP contribution in [-0.2, 0) is 0 Å². The van der Waals surface area contributed by atoms with E-state index in [9.17, 15) is 0 Å². The van der Waals surface area contributed by atoms with E-state index in [0.717, 1.165) is 0 Å². The summed E-state index contributed by atoms with van der Waals surface area (Å²) in [5, 5.41) is 0.545. The van der Waals surface area contributed by atoms with Gasteiger partial charge < -0.3 is 0 Å². The van der Waals surface area contributed by atoms with Crippen molar-refractivity contribution in [2.75, 3.05) is 0 Å². The Hall–Kier alpha value is -0.303. The Morgan fingerprint density at radius 3 is 1.67 bits per heavy atom. The van der Waals surface area contributed by atoms with Gasteiger partial charge in [-0.3, -0.25) is 0 Å². The van der Waals surface area contributed by atoms with Crippen LogP contribution in [-0.4, -0.2) is 8.80 Å². The molecule has 50 valence electrons. The van der Waals surface area contributed by atoms with Crippen molar-refractivity contribution in [3.63, 3.8) is 0 Å². The lowest BCUT2D eigenvalue weighted by molar-refractivity contribution is 0.749. The maximum absolute atomic E-state index is 2.39. The first-order valence-electron chi connectivity index (χ1n) is 3.46. The number of rotatable bonds is 0. The second kappa shape index (κ2) is 2.14. The van der Waals surface area contributed by atoms with E-state index >= 15 is 0 Å². The van der Waals surface area contributed by atoms with E-state index in [1.807, 2.05) is 0 Å². The van der Waals surface area contributed by atoms with E-state index in [-0.39, 0.29) is 0 Å². The predicted molar refractivity (Wildman–Crippen MR) is 45.1 cm³/mol. The van der Waals surface area contributed by atoms with Gasteiger partial charge in [-0.2, -0.15) is 0 Å². The van der Waals surface area contributed by atoms with E-state index < -0.39 is 8.80 Å². The van der Waals surface area contributed by atoms with Gasteiger partial charge in [-0.15, -0.1) is 0 Å². The molecule has 1 aliphatic rings. The van der Waals surface area contributed by atoms with E-state index in [0.29, 0.717) is 5.04 Å². The molecular weight excluding hydrogens is 124 g/mol. The highest BCUT2D eigenvalue weighted by atomic mass is 28.3. The highest BCUT2D eigenvalue weighted by Crippen LogP contribution is 2.29. The van der Waals surface area contributed by atoms with Crippen LogP contribution in [0.1, 0.15) is 20.8 Å². The maximum Gasteiger partial charge on any atom is 0.0904 e. The SMILES string of the molecule is CC(C)(C)[SiH]1C=CC=C1. The molecule has 0 radical (unpaired) electrons. The van der Waals surface area contributed by atoms with E-state index in [2.05, 4.69) is 44.3 Å². The molecule has 0 nitrogen and oxygen atoms in total. The molecule has 0 fully saturated rings. The minimum atomic E-state index is -0.630. The summed E-state index contributed by atoms with van der Waals surface area (Å²) in [6.07, 6.45) is 4.37. The maximum atomic E-state index is 2.39. The first-order valence-corrected chi connectivity index (χ1v) is 5.37. The van der Waals surface area contributed by atoms with E-state index in [4.69, 9.17) is 0 Å². The molecule has 0 N–H and O–H groups in total. The van der Waals surface area contributed by atoms with Gasteiger partial charge in [-0.25, -0.2) is 0 Å². The molecule has 0 aromatic heterocycles. The Kier molecular flexibility index (Phi) is 1.62. The molecule has 0 saturated heterocycles. The van der Waals surface area contributed by atoms with Crippen LogP contribution >= 0.6 is 0 Å². The molecular formula is C8H14Si.